The number of thiocarbonyl (C=S) groups is 1. The van der Waals surface area contributed by atoms with E-state index in [1.807, 2.05) is 54.6 Å². The molecule has 1 aliphatic rings. The summed E-state index contributed by atoms with van der Waals surface area (Å²) in [6, 6.07) is 19.1. The highest BCUT2D eigenvalue weighted by atomic mass is 32.1. The number of benzene rings is 1. The molecule has 4 aromatic rings. The van der Waals surface area contributed by atoms with E-state index in [-0.39, 0.29) is 24.6 Å². The van der Waals surface area contributed by atoms with Crippen LogP contribution in [0, 0.1) is 13.8 Å². The third-order valence-corrected chi connectivity index (χ3v) is 7.09. The number of aromatic nitrogens is 3. The number of carbonyl (C=O) groups is 1. The van der Waals surface area contributed by atoms with E-state index in [4.69, 9.17) is 21.7 Å². The fourth-order valence-corrected chi connectivity index (χ4v) is 5.48. The van der Waals surface area contributed by atoms with E-state index >= 15 is 0 Å². The van der Waals surface area contributed by atoms with Crippen LogP contribution in [0.15, 0.2) is 73.1 Å². The van der Waals surface area contributed by atoms with Crippen LogP contribution in [0.2, 0.25) is 0 Å². The van der Waals surface area contributed by atoms with Gasteiger partial charge in [0.25, 0.3) is 0 Å². The van der Waals surface area contributed by atoms with Gasteiger partial charge in [0.2, 0.25) is 5.91 Å². The Bertz CT molecular complexity index is 1490. The van der Waals surface area contributed by atoms with Crippen LogP contribution < -0.4 is 20.3 Å². The maximum atomic E-state index is 12.4. The van der Waals surface area contributed by atoms with E-state index in [2.05, 4.69) is 50.0 Å². The number of nitrogens with one attached hydrogen (secondary N) is 2. The number of pyridine rings is 2. The molecular weight excluding hydrogens is 512 g/mol. The minimum Gasteiger partial charge on any atom is -0.495 e. The third-order valence-electron chi connectivity index (χ3n) is 6.78. The Labute approximate surface area is 232 Å². The molecule has 1 amide bonds. The normalized spacial score (nSPS) is 16.7. The van der Waals surface area contributed by atoms with E-state index in [0.717, 1.165) is 34.2 Å². The quantitative estimate of drug-likeness (QED) is 0.311. The van der Waals surface area contributed by atoms with Crippen LogP contribution >= 0.6 is 12.2 Å². The second-order valence-corrected chi connectivity index (χ2v) is 9.60. The molecule has 0 saturated carbocycles. The van der Waals surface area contributed by atoms with Gasteiger partial charge in [0.15, 0.2) is 5.11 Å². The zero-order valence-electron chi connectivity index (χ0n) is 22.2. The zero-order valence-corrected chi connectivity index (χ0v) is 23.0. The van der Waals surface area contributed by atoms with Crippen LogP contribution in [-0.4, -0.2) is 46.4 Å². The molecule has 0 aliphatic carbocycles. The first-order valence-corrected chi connectivity index (χ1v) is 12.9. The Morgan fingerprint density at radius 1 is 1.05 bits per heavy atom. The number of anilines is 2. The lowest BCUT2D eigenvalue weighted by atomic mass is 9.96. The minimum atomic E-state index is -0.281. The first-order valence-electron chi connectivity index (χ1n) is 12.5. The molecule has 39 heavy (non-hydrogen) atoms. The second kappa shape index (κ2) is 11.2. The Balaban J connectivity index is 1.64. The fourth-order valence-electron chi connectivity index (χ4n) is 5.14. The molecule has 9 nitrogen and oxygen atoms in total. The van der Waals surface area contributed by atoms with Crippen LogP contribution in [0.1, 0.15) is 34.7 Å². The third kappa shape index (κ3) is 5.08. The van der Waals surface area contributed by atoms with Gasteiger partial charge in [0.1, 0.15) is 18.2 Å². The smallest absolute Gasteiger partial charge is 0.250 e. The molecule has 1 fully saturated rings. The van der Waals surface area contributed by atoms with Crippen LogP contribution in [-0.2, 0) is 9.53 Å². The van der Waals surface area contributed by atoms with E-state index in [9.17, 15) is 4.79 Å². The molecule has 2 atom stereocenters. The Morgan fingerprint density at radius 3 is 2.49 bits per heavy atom. The van der Waals surface area contributed by atoms with E-state index in [0.29, 0.717) is 16.5 Å². The molecule has 10 heteroatoms. The van der Waals surface area contributed by atoms with Crippen LogP contribution in [0.4, 0.5) is 11.4 Å². The van der Waals surface area contributed by atoms with Crippen molar-refractivity contribution in [1.82, 2.24) is 19.9 Å². The molecule has 1 saturated heterocycles. The van der Waals surface area contributed by atoms with Crippen LogP contribution in [0.5, 0.6) is 5.75 Å². The number of amides is 1. The highest BCUT2D eigenvalue weighted by molar-refractivity contribution is 7.80. The van der Waals surface area contributed by atoms with Crippen molar-refractivity contribution in [2.45, 2.75) is 25.9 Å². The standard InChI is InChI=1S/C29H30N6O3S/c1-18-15-21(19(2)34(18)25-10-6-8-14-31-25)28-27(22-9-5-7-13-30-22)33-29(39)35(28)20-11-12-24(38-4)23(16-20)32-26(36)17-37-3/h5-16,27-28H,17H2,1-4H3,(H,32,36)(H,33,39)/t27-,28-/m0/s1. The maximum Gasteiger partial charge on any atom is 0.250 e. The lowest BCUT2D eigenvalue weighted by Crippen LogP contribution is -2.29. The summed E-state index contributed by atoms with van der Waals surface area (Å²) in [6.45, 7) is 4.10. The Hall–Kier alpha value is -4.28. The van der Waals surface area contributed by atoms with Gasteiger partial charge >= 0.3 is 0 Å². The summed E-state index contributed by atoms with van der Waals surface area (Å²) in [4.78, 5) is 23.7. The second-order valence-electron chi connectivity index (χ2n) is 9.21. The number of methoxy groups -OCH3 is 2. The molecular formula is C29H30N6O3S. The molecule has 0 spiro atoms. The summed E-state index contributed by atoms with van der Waals surface area (Å²) in [5.41, 5.74) is 5.39. The fraction of sp³-hybridized carbons (Fsp3) is 0.241. The number of hydrogen-bond acceptors (Lipinski definition) is 6. The minimum absolute atomic E-state index is 0.0685. The van der Waals surface area contributed by atoms with Gasteiger partial charge in [-0.15, -0.1) is 0 Å². The predicted molar refractivity (Wildman–Crippen MR) is 154 cm³/mol. The SMILES string of the molecule is COCC(=O)Nc1cc(N2C(=S)N[C@@H](c3ccccn3)[C@@H]2c2cc(C)n(-c3ccccn3)c2C)ccc1OC. The highest BCUT2D eigenvalue weighted by Gasteiger charge is 2.42. The molecule has 1 aromatic carbocycles. The van der Waals surface area contributed by atoms with Crippen LogP contribution in [0.25, 0.3) is 5.82 Å². The zero-order chi connectivity index (χ0) is 27.5. The molecule has 0 bridgehead atoms. The lowest BCUT2D eigenvalue weighted by molar-refractivity contribution is -0.119. The van der Waals surface area contributed by atoms with Gasteiger partial charge in [-0.05, 0) is 80.2 Å². The summed E-state index contributed by atoms with van der Waals surface area (Å²) in [6.07, 6.45) is 3.58. The Kier molecular flexibility index (Phi) is 7.58. The monoisotopic (exact) mass is 542 g/mol. The van der Waals surface area contributed by atoms with E-state index < -0.39 is 0 Å². The van der Waals surface area contributed by atoms with Crippen molar-refractivity contribution < 1.29 is 14.3 Å². The number of carbonyl (C=O) groups excluding carboxylic acids is 1. The largest absolute Gasteiger partial charge is 0.495 e. The molecule has 1 aliphatic heterocycles. The van der Waals surface area contributed by atoms with Crippen molar-refractivity contribution in [3.63, 3.8) is 0 Å². The first-order chi connectivity index (χ1) is 18.9. The van der Waals surface area contributed by atoms with Gasteiger partial charge < -0.3 is 29.6 Å². The number of aryl methyl sites for hydroxylation is 1. The van der Waals surface area contributed by atoms with Crippen molar-refractivity contribution in [1.29, 1.82) is 0 Å². The Morgan fingerprint density at radius 2 is 1.82 bits per heavy atom. The van der Waals surface area contributed by atoms with Crippen molar-refractivity contribution in [2.75, 3.05) is 31.0 Å². The van der Waals surface area contributed by atoms with Gasteiger partial charge in [0, 0.05) is 36.6 Å². The lowest BCUT2D eigenvalue weighted by Gasteiger charge is -2.29. The topological polar surface area (TPSA) is 93.5 Å². The maximum absolute atomic E-state index is 12.4. The molecule has 3 aromatic heterocycles. The molecule has 0 unspecified atom stereocenters. The van der Waals surface area contributed by atoms with Gasteiger partial charge in [-0.3, -0.25) is 9.78 Å². The number of rotatable bonds is 8. The molecule has 5 rings (SSSR count). The number of nitrogens with zero attached hydrogens (tertiary/aromatic N) is 4. The van der Waals surface area contributed by atoms with Gasteiger partial charge in [0.05, 0.1) is 30.6 Å². The summed E-state index contributed by atoms with van der Waals surface area (Å²) in [5.74, 6) is 1.10. The number of ether oxygens (including phenoxy) is 2. The van der Waals surface area contributed by atoms with Gasteiger partial charge in [-0.2, -0.15) is 0 Å². The molecule has 200 valence electrons. The predicted octanol–water partition coefficient (Wildman–Crippen LogP) is 4.65. The average Bonchev–Trinajstić information content (AvgIpc) is 3.44. The van der Waals surface area contributed by atoms with Crippen molar-refractivity contribution in [2.24, 2.45) is 0 Å². The van der Waals surface area contributed by atoms with Crippen molar-refractivity contribution in [3.8, 4) is 11.6 Å². The summed E-state index contributed by atoms with van der Waals surface area (Å²) in [7, 11) is 3.04. The van der Waals surface area contributed by atoms with Crippen LogP contribution in [0.3, 0.4) is 0 Å². The summed E-state index contributed by atoms with van der Waals surface area (Å²) in [5, 5.41) is 6.94. The molecule has 0 radical (unpaired) electrons. The summed E-state index contributed by atoms with van der Waals surface area (Å²) >= 11 is 5.92. The van der Waals surface area contributed by atoms with E-state index in [1.165, 1.54) is 7.11 Å². The van der Waals surface area contributed by atoms with Gasteiger partial charge in [-0.1, -0.05) is 12.1 Å². The molecule has 2 N–H and O–H groups in total. The summed E-state index contributed by atoms with van der Waals surface area (Å²) < 4.78 is 12.7. The molecule has 4 heterocycles. The van der Waals surface area contributed by atoms with Gasteiger partial charge in [-0.25, -0.2) is 4.98 Å². The van der Waals surface area contributed by atoms with Crippen molar-refractivity contribution >= 4 is 34.6 Å². The first kappa shape index (κ1) is 26.3. The average molecular weight is 543 g/mol. The van der Waals surface area contributed by atoms with E-state index in [1.54, 1.807) is 19.5 Å². The van der Waals surface area contributed by atoms with Crippen molar-refractivity contribution in [3.05, 3.63) is 95.7 Å². The highest BCUT2D eigenvalue weighted by Crippen LogP contribution is 2.45. The number of hydrogen-bond donors (Lipinski definition) is 2.